The van der Waals surface area contributed by atoms with Gasteiger partial charge in [0.2, 0.25) is 0 Å². The first-order chi connectivity index (χ1) is 6.99. The summed E-state index contributed by atoms with van der Waals surface area (Å²) in [5.74, 6) is -1.18. The van der Waals surface area contributed by atoms with Gasteiger partial charge in [-0.15, -0.1) is 0 Å². The topological polar surface area (TPSA) is 106 Å². The summed E-state index contributed by atoms with van der Waals surface area (Å²) in [6.45, 7) is 1.68. The average Bonchev–Trinajstić information content (AvgIpc) is 2.16. The Morgan fingerprint density at radius 3 is 2.60 bits per heavy atom. The molecule has 6 heteroatoms. The standard InChI is InChI=1S/C9H10N2O4/c1-2-5-7(11(14)15)4-3-6(8(5)10)9(12)13/h3-4H,2,10H2,1H3,(H,12,13). The molecule has 0 atom stereocenters. The van der Waals surface area contributed by atoms with E-state index in [1.54, 1.807) is 6.92 Å². The van der Waals surface area contributed by atoms with Crippen molar-refractivity contribution in [1.82, 2.24) is 0 Å². The highest BCUT2D eigenvalue weighted by Gasteiger charge is 2.20. The number of nitrogens with two attached hydrogens (primary N) is 1. The molecule has 15 heavy (non-hydrogen) atoms. The molecule has 1 aromatic carbocycles. The first kappa shape index (κ1) is 11.0. The van der Waals surface area contributed by atoms with Crippen LogP contribution in [0, 0.1) is 10.1 Å². The van der Waals surface area contributed by atoms with E-state index >= 15 is 0 Å². The molecule has 0 bridgehead atoms. The zero-order valence-corrected chi connectivity index (χ0v) is 8.06. The van der Waals surface area contributed by atoms with Crippen molar-refractivity contribution in [3.8, 4) is 0 Å². The average molecular weight is 210 g/mol. The summed E-state index contributed by atoms with van der Waals surface area (Å²) >= 11 is 0. The lowest BCUT2D eigenvalue weighted by molar-refractivity contribution is -0.385. The molecule has 0 saturated heterocycles. The summed E-state index contributed by atoms with van der Waals surface area (Å²) in [5, 5.41) is 19.4. The monoisotopic (exact) mass is 210 g/mol. The Balaban J connectivity index is 3.45. The van der Waals surface area contributed by atoms with E-state index < -0.39 is 10.9 Å². The number of hydrogen-bond acceptors (Lipinski definition) is 4. The number of nitrogen functional groups attached to an aromatic ring is 1. The van der Waals surface area contributed by atoms with Crippen LogP contribution in [0.4, 0.5) is 11.4 Å². The summed E-state index contributed by atoms with van der Waals surface area (Å²) in [7, 11) is 0. The molecular formula is C9H10N2O4. The Bertz CT molecular complexity index is 428. The van der Waals surface area contributed by atoms with E-state index in [1.165, 1.54) is 6.07 Å². The van der Waals surface area contributed by atoms with Crippen LogP contribution in [0.1, 0.15) is 22.8 Å². The van der Waals surface area contributed by atoms with Gasteiger partial charge in [-0.3, -0.25) is 10.1 Å². The highest BCUT2D eigenvalue weighted by Crippen LogP contribution is 2.28. The van der Waals surface area contributed by atoms with E-state index in [0.29, 0.717) is 6.42 Å². The van der Waals surface area contributed by atoms with Crippen molar-refractivity contribution in [2.75, 3.05) is 5.73 Å². The number of anilines is 1. The molecule has 6 nitrogen and oxygen atoms in total. The molecule has 0 aliphatic rings. The molecule has 0 aromatic heterocycles. The SMILES string of the molecule is CCc1c([N+](=O)[O-])ccc(C(=O)O)c1N. The summed E-state index contributed by atoms with van der Waals surface area (Å²) in [4.78, 5) is 20.8. The van der Waals surface area contributed by atoms with Gasteiger partial charge in [0.25, 0.3) is 5.69 Å². The Hall–Kier alpha value is -2.11. The van der Waals surface area contributed by atoms with Crippen LogP contribution in [0.3, 0.4) is 0 Å². The smallest absolute Gasteiger partial charge is 0.337 e. The number of rotatable bonds is 3. The Kier molecular flexibility index (Phi) is 2.89. The number of hydrogen-bond donors (Lipinski definition) is 2. The van der Waals surface area contributed by atoms with Crippen LogP contribution in [0.25, 0.3) is 0 Å². The molecule has 80 valence electrons. The first-order valence-corrected chi connectivity index (χ1v) is 4.28. The summed E-state index contributed by atoms with van der Waals surface area (Å²) in [5.41, 5.74) is 5.54. The van der Waals surface area contributed by atoms with Gasteiger partial charge in [-0.25, -0.2) is 4.79 Å². The van der Waals surface area contributed by atoms with Crippen LogP contribution in [0.15, 0.2) is 12.1 Å². The normalized spacial score (nSPS) is 9.93. The highest BCUT2D eigenvalue weighted by molar-refractivity contribution is 5.95. The van der Waals surface area contributed by atoms with Gasteiger partial charge in [0, 0.05) is 6.07 Å². The summed E-state index contributed by atoms with van der Waals surface area (Å²) in [6, 6.07) is 2.31. The lowest BCUT2D eigenvalue weighted by atomic mass is 10.0. The number of aromatic carboxylic acids is 1. The van der Waals surface area contributed by atoms with Gasteiger partial charge in [-0.1, -0.05) is 6.92 Å². The minimum atomic E-state index is -1.18. The molecular weight excluding hydrogens is 200 g/mol. The lowest BCUT2D eigenvalue weighted by Crippen LogP contribution is -2.07. The number of nitro groups is 1. The van der Waals surface area contributed by atoms with Crippen LogP contribution in [0.5, 0.6) is 0 Å². The van der Waals surface area contributed by atoms with Crippen LogP contribution >= 0.6 is 0 Å². The van der Waals surface area contributed by atoms with Crippen LogP contribution in [-0.4, -0.2) is 16.0 Å². The van der Waals surface area contributed by atoms with E-state index in [-0.39, 0.29) is 22.5 Å². The fourth-order valence-electron chi connectivity index (χ4n) is 1.38. The second-order valence-electron chi connectivity index (χ2n) is 2.94. The van der Waals surface area contributed by atoms with E-state index in [4.69, 9.17) is 10.8 Å². The highest BCUT2D eigenvalue weighted by atomic mass is 16.6. The molecule has 1 aromatic rings. The number of benzene rings is 1. The largest absolute Gasteiger partial charge is 0.478 e. The molecule has 0 aliphatic carbocycles. The van der Waals surface area contributed by atoms with E-state index in [2.05, 4.69) is 0 Å². The van der Waals surface area contributed by atoms with Gasteiger partial charge in [-0.05, 0) is 12.5 Å². The Labute approximate surface area is 85.5 Å². The lowest BCUT2D eigenvalue weighted by Gasteiger charge is -2.06. The van der Waals surface area contributed by atoms with Crippen molar-refractivity contribution < 1.29 is 14.8 Å². The third-order valence-electron chi connectivity index (χ3n) is 2.11. The fraction of sp³-hybridized carbons (Fsp3) is 0.222. The number of carboxylic acid groups (broad SMARTS) is 1. The molecule has 0 spiro atoms. The van der Waals surface area contributed by atoms with Gasteiger partial charge >= 0.3 is 5.97 Å². The molecule has 3 N–H and O–H groups in total. The van der Waals surface area contributed by atoms with Crippen LogP contribution in [0.2, 0.25) is 0 Å². The third-order valence-corrected chi connectivity index (χ3v) is 2.11. The molecule has 0 unspecified atom stereocenters. The summed E-state index contributed by atoms with van der Waals surface area (Å²) in [6.07, 6.45) is 0.323. The van der Waals surface area contributed by atoms with Crippen molar-refractivity contribution in [3.05, 3.63) is 33.4 Å². The first-order valence-electron chi connectivity index (χ1n) is 4.28. The molecule has 0 heterocycles. The number of nitro benzene ring substituents is 1. The maximum Gasteiger partial charge on any atom is 0.337 e. The molecule has 0 radical (unpaired) electrons. The van der Waals surface area contributed by atoms with Gasteiger partial charge in [0.05, 0.1) is 21.7 Å². The number of carboxylic acids is 1. The maximum absolute atomic E-state index is 10.7. The second-order valence-corrected chi connectivity index (χ2v) is 2.94. The Morgan fingerprint density at radius 2 is 2.20 bits per heavy atom. The zero-order valence-electron chi connectivity index (χ0n) is 8.06. The second kappa shape index (κ2) is 3.95. The maximum atomic E-state index is 10.7. The number of carbonyl (C=O) groups is 1. The molecule has 0 aliphatic heterocycles. The predicted molar refractivity (Wildman–Crippen MR) is 53.8 cm³/mol. The minimum Gasteiger partial charge on any atom is -0.478 e. The van der Waals surface area contributed by atoms with E-state index in [0.717, 1.165) is 6.07 Å². The Morgan fingerprint density at radius 1 is 1.60 bits per heavy atom. The van der Waals surface area contributed by atoms with Crippen molar-refractivity contribution >= 4 is 17.3 Å². The quantitative estimate of drug-likeness (QED) is 0.446. The molecule has 0 saturated carbocycles. The van der Waals surface area contributed by atoms with Gasteiger partial charge in [0.1, 0.15) is 0 Å². The molecule has 0 amide bonds. The van der Waals surface area contributed by atoms with Gasteiger partial charge in [0.15, 0.2) is 0 Å². The minimum absolute atomic E-state index is 0.0285. The van der Waals surface area contributed by atoms with Crippen molar-refractivity contribution in [1.29, 1.82) is 0 Å². The van der Waals surface area contributed by atoms with Gasteiger partial charge < -0.3 is 10.8 Å². The van der Waals surface area contributed by atoms with Crippen LogP contribution in [-0.2, 0) is 6.42 Å². The molecule has 1 rings (SSSR count). The molecule has 0 fully saturated rings. The fourth-order valence-corrected chi connectivity index (χ4v) is 1.38. The van der Waals surface area contributed by atoms with Crippen molar-refractivity contribution in [2.45, 2.75) is 13.3 Å². The predicted octanol–water partition coefficient (Wildman–Crippen LogP) is 1.44. The zero-order chi connectivity index (χ0) is 11.6. The summed E-state index contributed by atoms with van der Waals surface area (Å²) < 4.78 is 0. The van der Waals surface area contributed by atoms with Crippen LogP contribution < -0.4 is 5.73 Å². The third kappa shape index (κ3) is 1.88. The van der Waals surface area contributed by atoms with Crippen molar-refractivity contribution in [3.63, 3.8) is 0 Å². The van der Waals surface area contributed by atoms with Gasteiger partial charge in [-0.2, -0.15) is 0 Å². The van der Waals surface area contributed by atoms with E-state index in [1.807, 2.05) is 0 Å². The van der Waals surface area contributed by atoms with Crippen molar-refractivity contribution in [2.24, 2.45) is 0 Å². The number of nitrogens with zero attached hydrogens (tertiary/aromatic N) is 1. The van der Waals surface area contributed by atoms with E-state index in [9.17, 15) is 14.9 Å².